The summed E-state index contributed by atoms with van der Waals surface area (Å²) in [4.78, 5) is 18.2. The topological polar surface area (TPSA) is 66.0 Å². The Hall–Kier alpha value is -3.02. The molecule has 2 aromatic rings. The van der Waals surface area contributed by atoms with Gasteiger partial charge in [0.05, 0.1) is 13.2 Å². The van der Waals surface area contributed by atoms with E-state index in [1.165, 1.54) is 0 Å². The number of nitrogens with zero attached hydrogens (tertiary/aromatic N) is 2. The van der Waals surface area contributed by atoms with Crippen LogP contribution in [-0.2, 0) is 13.1 Å². The number of rotatable bonds is 8. The molecule has 0 saturated carbocycles. The molecular weight excluding hydrogens is 352 g/mol. The highest BCUT2D eigenvalue weighted by Gasteiger charge is 2.07. The van der Waals surface area contributed by atoms with Gasteiger partial charge in [-0.3, -0.25) is 4.79 Å². The minimum Gasteiger partial charge on any atom is -0.494 e. The number of hydrogen-bond donors (Lipinski definition) is 2. The maximum atomic E-state index is 12.0. The molecule has 0 aliphatic rings. The quantitative estimate of drug-likeness (QED) is 0.544. The van der Waals surface area contributed by atoms with E-state index in [4.69, 9.17) is 4.74 Å². The fourth-order valence-corrected chi connectivity index (χ4v) is 2.65. The van der Waals surface area contributed by atoms with Crippen LogP contribution in [0.15, 0.2) is 53.5 Å². The van der Waals surface area contributed by atoms with Gasteiger partial charge in [0.1, 0.15) is 5.75 Å². The number of aliphatic imine (C=N–C) groups is 1. The summed E-state index contributed by atoms with van der Waals surface area (Å²) >= 11 is 0. The van der Waals surface area contributed by atoms with E-state index in [9.17, 15) is 4.79 Å². The van der Waals surface area contributed by atoms with Crippen molar-refractivity contribution < 1.29 is 9.53 Å². The lowest BCUT2D eigenvalue weighted by Gasteiger charge is -2.14. The molecule has 2 aromatic carbocycles. The molecular formula is C22H30N4O2. The van der Waals surface area contributed by atoms with Crippen molar-refractivity contribution in [2.75, 3.05) is 27.2 Å². The van der Waals surface area contributed by atoms with Crippen molar-refractivity contribution in [3.63, 3.8) is 0 Å². The Kier molecular flexibility index (Phi) is 8.34. The number of nitrogens with one attached hydrogen (secondary N) is 2. The van der Waals surface area contributed by atoms with Crippen molar-refractivity contribution in [2.24, 2.45) is 4.99 Å². The molecule has 6 heteroatoms. The first-order chi connectivity index (χ1) is 13.5. The van der Waals surface area contributed by atoms with Gasteiger partial charge < -0.3 is 20.3 Å². The lowest BCUT2D eigenvalue weighted by molar-refractivity contribution is 0.0827. The first kappa shape index (κ1) is 21.3. The van der Waals surface area contributed by atoms with Gasteiger partial charge in [-0.15, -0.1) is 0 Å². The zero-order valence-electron chi connectivity index (χ0n) is 17.2. The van der Waals surface area contributed by atoms with Gasteiger partial charge >= 0.3 is 0 Å². The third-order valence-electron chi connectivity index (χ3n) is 4.09. The van der Waals surface area contributed by atoms with E-state index in [1.54, 1.807) is 19.0 Å². The highest BCUT2D eigenvalue weighted by molar-refractivity contribution is 5.93. The molecule has 6 nitrogen and oxygen atoms in total. The molecule has 0 unspecified atom stereocenters. The van der Waals surface area contributed by atoms with Gasteiger partial charge in [-0.2, -0.15) is 0 Å². The van der Waals surface area contributed by atoms with E-state index in [0.717, 1.165) is 29.4 Å². The van der Waals surface area contributed by atoms with E-state index in [-0.39, 0.29) is 5.91 Å². The standard InChI is InChI=1S/C22H30N4O2/c1-5-23-22(25-16-19-9-7-8-10-20(19)28-6-2)24-15-17-11-13-18(14-12-17)21(27)26(3)4/h7-14H,5-6,15-16H2,1-4H3,(H2,23,24,25). The summed E-state index contributed by atoms with van der Waals surface area (Å²) in [7, 11) is 3.50. The van der Waals surface area contributed by atoms with Crippen molar-refractivity contribution in [3.8, 4) is 5.75 Å². The van der Waals surface area contributed by atoms with Gasteiger partial charge in [-0.25, -0.2) is 4.99 Å². The van der Waals surface area contributed by atoms with E-state index in [1.807, 2.05) is 62.4 Å². The van der Waals surface area contributed by atoms with Crippen LogP contribution in [-0.4, -0.2) is 44.0 Å². The molecule has 0 bridgehead atoms. The highest BCUT2D eigenvalue weighted by Crippen LogP contribution is 2.17. The number of guanidine groups is 1. The average Bonchev–Trinajstić information content (AvgIpc) is 2.71. The summed E-state index contributed by atoms with van der Waals surface area (Å²) in [6, 6.07) is 15.5. The number of carbonyl (C=O) groups is 1. The molecule has 0 aliphatic carbocycles. The lowest BCUT2D eigenvalue weighted by atomic mass is 10.1. The molecule has 28 heavy (non-hydrogen) atoms. The Balaban J connectivity index is 2.01. The summed E-state index contributed by atoms with van der Waals surface area (Å²) in [5.41, 5.74) is 2.80. The molecule has 0 radical (unpaired) electrons. The summed E-state index contributed by atoms with van der Waals surface area (Å²) in [5, 5.41) is 6.61. The number of ether oxygens (including phenoxy) is 1. The lowest BCUT2D eigenvalue weighted by Crippen LogP contribution is -2.36. The predicted molar refractivity (Wildman–Crippen MR) is 114 cm³/mol. The normalized spacial score (nSPS) is 11.1. The smallest absolute Gasteiger partial charge is 0.253 e. The first-order valence-corrected chi connectivity index (χ1v) is 9.58. The van der Waals surface area contributed by atoms with E-state index < -0.39 is 0 Å². The second kappa shape index (κ2) is 11.0. The summed E-state index contributed by atoms with van der Waals surface area (Å²) < 4.78 is 5.67. The van der Waals surface area contributed by atoms with Crippen molar-refractivity contribution in [1.29, 1.82) is 0 Å². The van der Waals surface area contributed by atoms with Crippen LogP contribution in [0.5, 0.6) is 5.75 Å². The maximum Gasteiger partial charge on any atom is 0.253 e. The summed E-state index contributed by atoms with van der Waals surface area (Å²) in [6.45, 7) is 6.57. The maximum absolute atomic E-state index is 12.0. The van der Waals surface area contributed by atoms with Crippen molar-refractivity contribution in [2.45, 2.75) is 26.9 Å². The highest BCUT2D eigenvalue weighted by atomic mass is 16.5. The molecule has 0 aliphatic heterocycles. The molecule has 150 valence electrons. The second-order valence-electron chi connectivity index (χ2n) is 6.49. The molecule has 0 heterocycles. The van der Waals surface area contributed by atoms with Crippen LogP contribution in [0, 0.1) is 0 Å². The molecule has 0 saturated heterocycles. The van der Waals surface area contributed by atoms with Crippen LogP contribution in [0.3, 0.4) is 0 Å². The molecule has 1 amide bonds. The number of para-hydroxylation sites is 1. The van der Waals surface area contributed by atoms with Gasteiger partial charge in [0.15, 0.2) is 5.96 Å². The van der Waals surface area contributed by atoms with Crippen LogP contribution < -0.4 is 15.4 Å². The molecule has 0 fully saturated rings. The van der Waals surface area contributed by atoms with Crippen molar-refractivity contribution in [3.05, 3.63) is 65.2 Å². The van der Waals surface area contributed by atoms with Gasteiger partial charge in [-0.05, 0) is 37.6 Å². The number of carbonyl (C=O) groups excluding carboxylic acids is 1. The number of amides is 1. The Labute approximate surface area is 167 Å². The molecule has 0 aromatic heterocycles. The van der Waals surface area contributed by atoms with Crippen LogP contribution in [0.25, 0.3) is 0 Å². The zero-order chi connectivity index (χ0) is 20.4. The number of benzene rings is 2. The summed E-state index contributed by atoms with van der Waals surface area (Å²) in [6.07, 6.45) is 0. The van der Waals surface area contributed by atoms with Crippen LogP contribution in [0.2, 0.25) is 0 Å². The fraction of sp³-hybridized carbons (Fsp3) is 0.364. The largest absolute Gasteiger partial charge is 0.494 e. The summed E-state index contributed by atoms with van der Waals surface area (Å²) in [5.74, 6) is 1.62. The zero-order valence-corrected chi connectivity index (χ0v) is 17.2. The molecule has 2 N–H and O–H groups in total. The SMILES string of the molecule is CCNC(=NCc1ccc(C(=O)N(C)C)cc1)NCc1ccccc1OCC. The molecule has 2 rings (SSSR count). The Morgan fingerprint density at radius 1 is 1.04 bits per heavy atom. The Bertz CT molecular complexity index is 785. The van der Waals surface area contributed by atoms with Gasteiger partial charge in [0.25, 0.3) is 5.91 Å². The third kappa shape index (κ3) is 6.30. The minimum absolute atomic E-state index is 0.00183. The van der Waals surface area contributed by atoms with Crippen molar-refractivity contribution >= 4 is 11.9 Å². The van der Waals surface area contributed by atoms with Crippen LogP contribution in [0.1, 0.15) is 35.3 Å². The molecule has 0 spiro atoms. The second-order valence-corrected chi connectivity index (χ2v) is 6.49. The predicted octanol–water partition coefficient (Wildman–Crippen LogP) is 3.04. The van der Waals surface area contributed by atoms with E-state index >= 15 is 0 Å². The Morgan fingerprint density at radius 2 is 1.75 bits per heavy atom. The van der Waals surface area contributed by atoms with Crippen LogP contribution in [0.4, 0.5) is 0 Å². The van der Waals surface area contributed by atoms with E-state index in [0.29, 0.717) is 25.3 Å². The third-order valence-corrected chi connectivity index (χ3v) is 4.09. The van der Waals surface area contributed by atoms with Gasteiger partial charge in [0.2, 0.25) is 0 Å². The monoisotopic (exact) mass is 382 g/mol. The van der Waals surface area contributed by atoms with Crippen LogP contribution >= 0.6 is 0 Å². The van der Waals surface area contributed by atoms with Gasteiger partial charge in [0, 0.05) is 38.3 Å². The fourth-order valence-electron chi connectivity index (χ4n) is 2.65. The van der Waals surface area contributed by atoms with Gasteiger partial charge in [-0.1, -0.05) is 30.3 Å². The van der Waals surface area contributed by atoms with Crippen molar-refractivity contribution in [1.82, 2.24) is 15.5 Å². The first-order valence-electron chi connectivity index (χ1n) is 9.58. The van der Waals surface area contributed by atoms with E-state index in [2.05, 4.69) is 15.6 Å². The number of hydrogen-bond acceptors (Lipinski definition) is 3. The minimum atomic E-state index is -0.00183. The average molecular weight is 383 g/mol. The molecule has 0 atom stereocenters. The Morgan fingerprint density at radius 3 is 2.39 bits per heavy atom.